The molecule has 1 unspecified atom stereocenters. The fourth-order valence-electron chi connectivity index (χ4n) is 2.54. The monoisotopic (exact) mass is 233 g/mol. The van der Waals surface area contributed by atoms with Crippen LogP contribution in [0.15, 0.2) is 30.3 Å². The van der Waals surface area contributed by atoms with Crippen LogP contribution in [-0.4, -0.2) is 37.1 Å². The van der Waals surface area contributed by atoms with Crippen LogP contribution in [0.25, 0.3) is 0 Å². The van der Waals surface area contributed by atoms with Crippen LogP contribution in [-0.2, 0) is 0 Å². The Morgan fingerprint density at radius 1 is 1.24 bits per heavy atom. The standard InChI is InChI=1S/C14H23N3/c1-17-10-5-8-14(12-15,9-11-17)16-13-6-3-2-4-7-13/h2-4,6-7,16H,5,8-12,15H2,1H3. The number of anilines is 1. The molecule has 1 aromatic carbocycles. The fraction of sp³-hybridized carbons (Fsp3) is 0.571. The molecule has 0 saturated carbocycles. The first-order valence-corrected chi connectivity index (χ1v) is 6.46. The van der Waals surface area contributed by atoms with Gasteiger partial charge in [-0.05, 0) is 45.0 Å². The second kappa shape index (κ2) is 5.52. The van der Waals surface area contributed by atoms with Gasteiger partial charge in [-0.15, -0.1) is 0 Å². The van der Waals surface area contributed by atoms with Gasteiger partial charge < -0.3 is 16.0 Å². The molecule has 1 aliphatic rings. The molecule has 0 aliphatic carbocycles. The van der Waals surface area contributed by atoms with Gasteiger partial charge in [0.15, 0.2) is 0 Å². The molecule has 1 aliphatic heterocycles. The summed E-state index contributed by atoms with van der Waals surface area (Å²) in [4.78, 5) is 2.39. The molecule has 1 fully saturated rings. The van der Waals surface area contributed by atoms with Crippen LogP contribution in [0.1, 0.15) is 19.3 Å². The van der Waals surface area contributed by atoms with E-state index in [-0.39, 0.29) is 5.54 Å². The van der Waals surface area contributed by atoms with Crippen molar-refractivity contribution in [2.75, 3.05) is 32.0 Å². The van der Waals surface area contributed by atoms with E-state index < -0.39 is 0 Å². The number of likely N-dealkylation sites (tertiary alicyclic amines) is 1. The number of hydrogen-bond donors (Lipinski definition) is 2. The molecule has 0 bridgehead atoms. The molecular formula is C14H23N3. The van der Waals surface area contributed by atoms with Gasteiger partial charge >= 0.3 is 0 Å². The fourth-order valence-corrected chi connectivity index (χ4v) is 2.54. The van der Waals surface area contributed by atoms with Crippen molar-refractivity contribution >= 4 is 5.69 Å². The maximum absolute atomic E-state index is 6.02. The zero-order valence-electron chi connectivity index (χ0n) is 10.7. The minimum Gasteiger partial charge on any atom is -0.378 e. The highest BCUT2D eigenvalue weighted by Crippen LogP contribution is 2.25. The van der Waals surface area contributed by atoms with Gasteiger partial charge in [-0.25, -0.2) is 0 Å². The average Bonchev–Trinajstić information content (AvgIpc) is 2.54. The van der Waals surface area contributed by atoms with E-state index in [1.54, 1.807) is 0 Å². The predicted octanol–water partition coefficient (Wildman–Crippen LogP) is 1.91. The van der Waals surface area contributed by atoms with Crippen LogP contribution in [0.3, 0.4) is 0 Å². The first-order valence-electron chi connectivity index (χ1n) is 6.46. The summed E-state index contributed by atoms with van der Waals surface area (Å²) in [5, 5.41) is 3.65. The third-order valence-corrected chi connectivity index (χ3v) is 3.74. The Balaban J connectivity index is 2.08. The van der Waals surface area contributed by atoms with E-state index in [0.717, 1.165) is 19.4 Å². The number of nitrogens with zero attached hydrogens (tertiary/aromatic N) is 1. The normalized spacial score (nSPS) is 26.5. The summed E-state index contributed by atoms with van der Waals surface area (Å²) in [5.74, 6) is 0. The van der Waals surface area contributed by atoms with Crippen LogP contribution in [0.2, 0.25) is 0 Å². The molecule has 1 atom stereocenters. The summed E-state index contributed by atoms with van der Waals surface area (Å²) >= 11 is 0. The maximum atomic E-state index is 6.02. The van der Waals surface area contributed by atoms with Crippen LogP contribution in [0.5, 0.6) is 0 Å². The van der Waals surface area contributed by atoms with Crippen molar-refractivity contribution < 1.29 is 0 Å². The highest BCUT2D eigenvalue weighted by molar-refractivity contribution is 5.45. The summed E-state index contributed by atoms with van der Waals surface area (Å²) in [6.45, 7) is 3.00. The molecule has 0 aromatic heterocycles. The van der Waals surface area contributed by atoms with Crippen molar-refractivity contribution in [1.82, 2.24) is 4.90 Å². The third-order valence-electron chi connectivity index (χ3n) is 3.74. The highest BCUT2D eigenvalue weighted by atomic mass is 15.1. The van der Waals surface area contributed by atoms with E-state index in [9.17, 15) is 0 Å². The van der Waals surface area contributed by atoms with Crippen LogP contribution in [0, 0.1) is 0 Å². The van der Waals surface area contributed by atoms with E-state index in [4.69, 9.17) is 5.73 Å². The largest absolute Gasteiger partial charge is 0.378 e. The van der Waals surface area contributed by atoms with Gasteiger partial charge in [-0.1, -0.05) is 18.2 Å². The number of hydrogen-bond acceptors (Lipinski definition) is 3. The lowest BCUT2D eigenvalue weighted by atomic mass is 9.90. The number of nitrogens with one attached hydrogen (secondary N) is 1. The lowest BCUT2D eigenvalue weighted by Crippen LogP contribution is -2.46. The Labute approximate surface area is 104 Å². The number of rotatable bonds is 3. The molecule has 1 aromatic rings. The molecule has 94 valence electrons. The summed E-state index contributed by atoms with van der Waals surface area (Å²) < 4.78 is 0. The summed E-state index contributed by atoms with van der Waals surface area (Å²) in [7, 11) is 2.19. The second-order valence-corrected chi connectivity index (χ2v) is 5.13. The van der Waals surface area contributed by atoms with Gasteiger partial charge in [0.25, 0.3) is 0 Å². The van der Waals surface area contributed by atoms with Crippen molar-refractivity contribution in [2.24, 2.45) is 5.73 Å². The van der Waals surface area contributed by atoms with E-state index in [1.165, 1.54) is 18.7 Å². The number of para-hydroxylation sites is 1. The predicted molar refractivity (Wildman–Crippen MR) is 73.2 cm³/mol. The van der Waals surface area contributed by atoms with Crippen molar-refractivity contribution in [3.63, 3.8) is 0 Å². The first kappa shape index (κ1) is 12.4. The van der Waals surface area contributed by atoms with Gasteiger partial charge in [-0.3, -0.25) is 0 Å². The van der Waals surface area contributed by atoms with Gasteiger partial charge in [-0.2, -0.15) is 0 Å². The zero-order valence-corrected chi connectivity index (χ0v) is 10.7. The molecule has 17 heavy (non-hydrogen) atoms. The summed E-state index contributed by atoms with van der Waals surface area (Å²) in [5.41, 5.74) is 7.28. The summed E-state index contributed by atoms with van der Waals surface area (Å²) in [6.07, 6.45) is 3.49. The van der Waals surface area contributed by atoms with Crippen LogP contribution < -0.4 is 11.1 Å². The first-order chi connectivity index (χ1) is 8.24. The molecule has 3 nitrogen and oxygen atoms in total. The van der Waals surface area contributed by atoms with Gasteiger partial charge in [0.2, 0.25) is 0 Å². The minimum atomic E-state index is 0.0755. The maximum Gasteiger partial charge on any atom is 0.0508 e. The van der Waals surface area contributed by atoms with E-state index in [0.29, 0.717) is 6.54 Å². The van der Waals surface area contributed by atoms with Crippen LogP contribution >= 0.6 is 0 Å². The van der Waals surface area contributed by atoms with Crippen molar-refractivity contribution in [1.29, 1.82) is 0 Å². The minimum absolute atomic E-state index is 0.0755. The Morgan fingerprint density at radius 3 is 2.71 bits per heavy atom. The highest BCUT2D eigenvalue weighted by Gasteiger charge is 2.30. The molecular weight excluding hydrogens is 210 g/mol. The topological polar surface area (TPSA) is 41.3 Å². The van der Waals surface area contributed by atoms with Crippen molar-refractivity contribution in [3.05, 3.63) is 30.3 Å². The lowest BCUT2D eigenvalue weighted by molar-refractivity contribution is 0.337. The third kappa shape index (κ3) is 3.20. The molecule has 3 N–H and O–H groups in total. The van der Waals surface area contributed by atoms with Gasteiger partial charge in [0.1, 0.15) is 0 Å². The zero-order chi connectivity index (χ0) is 12.1. The average molecular weight is 233 g/mol. The molecule has 0 spiro atoms. The molecule has 2 rings (SSSR count). The Bertz CT molecular complexity index is 339. The molecule has 1 heterocycles. The van der Waals surface area contributed by atoms with Gasteiger partial charge in [0.05, 0.1) is 5.54 Å². The Hall–Kier alpha value is -1.06. The molecule has 3 heteroatoms. The molecule has 0 amide bonds. The lowest BCUT2D eigenvalue weighted by Gasteiger charge is -2.33. The summed E-state index contributed by atoms with van der Waals surface area (Å²) in [6, 6.07) is 10.4. The van der Waals surface area contributed by atoms with Crippen molar-refractivity contribution in [3.8, 4) is 0 Å². The van der Waals surface area contributed by atoms with E-state index in [2.05, 4.69) is 41.5 Å². The SMILES string of the molecule is CN1CCCC(CN)(Nc2ccccc2)CC1. The van der Waals surface area contributed by atoms with Crippen molar-refractivity contribution in [2.45, 2.75) is 24.8 Å². The van der Waals surface area contributed by atoms with E-state index >= 15 is 0 Å². The van der Waals surface area contributed by atoms with Crippen LogP contribution in [0.4, 0.5) is 5.69 Å². The molecule has 1 saturated heterocycles. The Kier molecular flexibility index (Phi) is 4.02. The van der Waals surface area contributed by atoms with E-state index in [1.807, 2.05) is 6.07 Å². The Morgan fingerprint density at radius 2 is 2.00 bits per heavy atom. The number of nitrogens with two attached hydrogens (primary N) is 1. The number of benzene rings is 1. The smallest absolute Gasteiger partial charge is 0.0508 e. The second-order valence-electron chi connectivity index (χ2n) is 5.13. The quantitative estimate of drug-likeness (QED) is 0.838. The molecule has 0 radical (unpaired) electrons. The van der Waals surface area contributed by atoms with Gasteiger partial charge in [0, 0.05) is 18.8 Å².